The summed E-state index contributed by atoms with van der Waals surface area (Å²) in [6, 6.07) is 9.08. The molecule has 5 rings (SSSR count). The molecule has 0 spiro atoms. The molecule has 3 aromatic rings. The van der Waals surface area contributed by atoms with E-state index >= 15 is 0 Å². The van der Waals surface area contributed by atoms with Crippen LogP contribution in [0, 0.1) is 6.92 Å². The van der Waals surface area contributed by atoms with Gasteiger partial charge < -0.3 is 19.9 Å². The van der Waals surface area contributed by atoms with Crippen LogP contribution < -0.4 is 20.3 Å². The summed E-state index contributed by atoms with van der Waals surface area (Å²) in [5.41, 5.74) is 2.10. The summed E-state index contributed by atoms with van der Waals surface area (Å²) in [6.07, 6.45) is 3.21. The average Bonchev–Trinajstić information content (AvgIpc) is 3.39. The number of carbonyl (C=O) groups is 1. The highest BCUT2D eigenvalue weighted by molar-refractivity contribution is 8.26. The van der Waals surface area contributed by atoms with Gasteiger partial charge in [-0.25, -0.2) is 4.98 Å². The van der Waals surface area contributed by atoms with Crippen molar-refractivity contribution in [2.24, 2.45) is 0 Å². The van der Waals surface area contributed by atoms with Crippen LogP contribution in [0.1, 0.15) is 16.7 Å². The zero-order chi connectivity index (χ0) is 23.8. The molecule has 4 heterocycles. The molecule has 1 saturated heterocycles. The summed E-state index contributed by atoms with van der Waals surface area (Å²) in [6.45, 7) is 2.39. The number of aliphatic hydroxyl groups excluding tert-OH is 1. The van der Waals surface area contributed by atoms with E-state index in [-0.39, 0.29) is 43.5 Å². The van der Waals surface area contributed by atoms with Gasteiger partial charge in [-0.3, -0.25) is 18.9 Å². The summed E-state index contributed by atoms with van der Waals surface area (Å²) < 4.78 is 12.6. The fraction of sp³-hybridized carbons (Fsp3) is 0.217. The molecule has 11 heteroatoms. The van der Waals surface area contributed by atoms with E-state index in [2.05, 4.69) is 10.3 Å². The number of hydrogen-bond donors (Lipinski definition) is 2. The normalized spacial score (nSPS) is 16.2. The van der Waals surface area contributed by atoms with Crippen molar-refractivity contribution in [3.8, 4) is 11.5 Å². The monoisotopic (exact) mass is 496 g/mol. The molecule has 1 fully saturated rings. The number of benzene rings is 1. The smallest absolute Gasteiger partial charge is 0.267 e. The third kappa shape index (κ3) is 4.13. The second-order valence-electron chi connectivity index (χ2n) is 7.72. The Hall–Kier alpha value is -3.41. The zero-order valence-corrected chi connectivity index (χ0v) is 19.7. The molecule has 0 bridgehead atoms. The number of anilines is 1. The maximum atomic E-state index is 13.3. The van der Waals surface area contributed by atoms with E-state index in [9.17, 15) is 14.7 Å². The third-order valence-electron chi connectivity index (χ3n) is 5.34. The van der Waals surface area contributed by atoms with Crippen molar-refractivity contribution in [3.05, 3.63) is 68.5 Å². The first-order chi connectivity index (χ1) is 16.4. The van der Waals surface area contributed by atoms with Gasteiger partial charge in [0.25, 0.3) is 11.5 Å². The first kappa shape index (κ1) is 22.4. The Labute approximate surface area is 204 Å². The maximum Gasteiger partial charge on any atom is 0.267 e. The van der Waals surface area contributed by atoms with E-state index in [0.717, 1.165) is 22.9 Å². The van der Waals surface area contributed by atoms with Gasteiger partial charge in [0.1, 0.15) is 15.8 Å². The van der Waals surface area contributed by atoms with Crippen LogP contribution in [-0.2, 0) is 11.3 Å². The maximum absolute atomic E-state index is 13.3. The van der Waals surface area contributed by atoms with Gasteiger partial charge in [-0.1, -0.05) is 36.1 Å². The molecule has 174 valence electrons. The quantitative estimate of drug-likeness (QED) is 0.393. The number of hydrogen-bond acceptors (Lipinski definition) is 9. The van der Waals surface area contributed by atoms with E-state index in [1.807, 2.05) is 25.1 Å². The van der Waals surface area contributed by atoms with Crippen LogP contribution >= 0.6 is 24.0 Å². The van der Waals surface area contributed by atoms with Crippen LogP contribution in [-0.4, -0.2) is 49.6 Å². The van der Waals surface area contributed by atoms with Crippen molar-refractivity contribution >= 4 is 51.7 Å². The van der Waals surface area contributed by atoms with Gasteiger partial charge in [-0.15, -0.1) is 0 Å². The second-order valence-corrected chi connectivity index (χ2v) is 9.40. The van der Waals surface area contributed by atoms with Gasteiger partial charge in [0, 0.05) is 12.7 Å². The van der Waals surface area contributed by atoms with E-state index in [0.29, 0.717) is 32.2 Å². The minimum atomic E-state index is -0.324. The van der Waals surface area contributed by atoms with Crippen LogP contribution in [0.25, 0.3) is 11.7 Å². The Kier molecular flexibility index (Phi) is 5.98. The minimum Gasteiger partial charge on any atom is -0.454 e. The van der Waals surface area contributed by atoms with Crippen LogP contribution in [0.3, 0.4) is 0 Å². The van der Waals surface area contributed by atoms with Gasteiger partial charge >= 0.3 is 0 Å². The van der Waals surface area contributed by atoms with E-state index < -0.39 is 0 Å². The van der Waals surface area contributed by atoms with Gasteiger partial charge in [0.05, 0.1) is 23.6 Å². The molecule has 34 heavy (non-hydrogen) atoms. The molecule has 0 atom stereocenters. The molecule has 0 aliphatic carbocycles. The highest BCUT2D eigenvalue weighted by atomic mass is 32.2. The first-order valence-electron chi connectivity index (χ1n) is 10.5. The summed E-state index contributed by atoms with van der Waals surface area (Å²) in [5.74, 6) is 1.29. The number of rotatable bonds is 6. The molecule has 2 aromatic heterocycles. The average molecular weight is 497 g/mol. The molecular weight excluding hydrogens is 476 g/mol. The van der Waals surface area contributed by atoms with Crippen molar-refractivity contribution in [2.75, 3.05) is 25.3 Å². The number of amides is 1. The lowest BCUT2D eigenvalue weighted by Gasteiger charge is -2.14. The number of nitrogens with zero attached hydrogens (tertiary/aromatic N) is 3. The van der Waals surface area contributed by atoms with Crippen LogP contribution in [0.5, 0.6) is 11.5 Å². The molecule has 0 radical (unpaired) electrons. The number of thioether (sulfide) groups is 1. The summed E-state index contributed by atoms with van der Waals surface area (Å²) in [5, 5.41) is 12.2. The summed E-state index contributed by atoms with van der Waals surface area (Å²) in [4.78, 5) is 32.9. The Balaban J connectivity index is 1.50. The highest BCUT2D eigenvalue weighted by Gasteiger charge is 2.33. The molecule has 0 unspecified atom stereocenters. The number of thiocarbonyl (C=S) groups is 1. The number of aryl methyl sites for hydroxylation is 1. The standard InChI is InChI=1S/C23H20N4O5S2/c1-13-2-5-19-25-20(24-6-7-28)15(21(29)26(19)10-13)9-18-22(30)27(23(33)34-18)11-14-3-4-16-17(8-14)32-12-31-16/h2-5,8-10,24,28H,6-7,11-12H2,1H3/b18-9-. The molecule has 1 aromatic carbocycles. The highest BCUT2D eigenvalue weighted by Crippen LogP contribution is 2.36. The fourth-order valence-electron chi connectivity index (χ4n) is 3.69. The van der Waals surface area contributed by atoms with Crippen molar-refractivity contribution < 1.29 is 19.4 Å². The minimum absolute atomic E-state index is 0.133. The van der Waals surface area contributed by atoms with Gasteiger partial charge in [-0.05, 0) is 42.3 Å². The number of ether oxygens (including phenoxy) is 2. The lowest BCUT2D eigenvalue weighted by atomic mass is 10.2. The number of aromatic nitrogens is 2. The predicted molar refractivity (Wildman–Crippen MR) is 133 cm³/mol. The number of carbonyl (C=O) groups excluding carboxylic acids is 1. The number of fused-ring (bicyclic) bond motifs is 2. The second kappa shape index (κ2) is 9.09. The van der Waals surface area contributed by atoms with E-state index in [4.69, 9.17) is 21.7 Å². The van der Waals surface area contributed by atoms with Crippen LogP contribution in [0.2, 0.25) is 0 Å². The lowest BCUT2D eigenvalue weighted by Crippen LogP contribution is -2.27. The summed E-state index contributed by atoms with van der Waals surface area (Å²) >= 11 is 6.59. The molecule has 2 N–H and O–H groups in total. The van der Waals surface area contributed by atoms with Gasteiger partial charge in [0.15, 0.2) is 11.5 Å². The third-order valence-corrected chi connectivity index (χ3v) is 6.71. The lowest BCUT2D eigenvalue weighted by molar-refractivity contribution is -0.122. The van der Waals surface area contributed by atoms with Gasteiger partial charge in [-0.2, -0.15) is 0 Å². The Morgan fingerprint density at radius 1 is 1.24 bits per heavy atom. The van der Waals surface area contributed by atoms with Crippen LogP contribution in [0.4, 0.5) is 5.82 Å². The number of aliphatic hydroxyl groups is 1. The molecular formula is C23H20N4O5S2. The number of pyridine rings is 1. The van der Waals surface area contributed by atoms with Gasteiger partial charge in [0.2, 0.25) is 6.79 Å². The largest absolute Gasteiger partial charge is 0.454 e. The number of nitrogens with one attached hydrogen (secondary N) is 1. The Morgan fingerprint density at radius 3 is 2.88 bits per heavy atom. The van der Waals surface area contributed by atoms with Crippen molar-refractivity contribution in [3.63, 3.8) is 0 Å². The van der Waals surface area contributed by atoms with E-state index in [1.165, 1.54) is 15.4 Å². The molecule has 9 nitrogen and oxygen atoms in total. The SMILES string of the molecule is Cc1ccc2nc(NCCO)c(/C=C3\SC(=S)N(Cc4ccc5c(c4)OCO5)C3=O)c(=O)n2c1. The van der Waals surface area contributed by atoms with Crippen molar-refractivity contribution in [2.45, 2.75) is 13.5 Å². The summed E-state index contributed by atoms with van der Waals surface area (Å²) in [7, 11) is 0. The van der Waals surface area contributed by atoms with Crippen molar-refractivity contribution in [1.29, 1.82) is 0 Å². The molecule has 2 aliphatic rings. The molecule has 2 aliphatic heterocycles. The predicted octanol–water partition coefficient (Wildman–Crippen LogP) is 2.54. The topological polar surface area (TPSA) is 105 Å². The zero-order valence-electron chi connectivity index (χ0n) is 18.1. The molecule has 0 saturated carbocycles. The Bertz CT molecular complexity index is 1420. The van der Waals surface area contributed by atoms with Crippen molar-refractivity contribution in [1.82, 2.24) is 14.3 Å². The Morgan fingerprint density at radius 2 is 2.06 bits per heavy atom. The first-order valence-corrected chi connectivity index (χ1v) is 11.7. The fourth-order valence-corrected chi connectivity index (χ4v) is 4.92. The van der Waals surface area contributed by atoms with Crippen LogP contribution in [0.15, 0.2) is 46.2 Å². The van der Waals surface area contributed by atoms with E-state index in [1.54, 1.807) is 18.3 Å². The molecule has 1 amide bonds.